The molecule has 14 heteroatoms. The maximum absolute atomic E-state index is 13.1. The number of hydrogen-bond donors (Lipinski definition) is 2. The van der Waals surface area contributed by atoms with E-state index in [1.165, 1.54) is 23.8 Å². The van der Waals surface area contributed by atoms with E-state index in [1.807, 2.05) is 0 Å². The number of piperidine rings is 3. The van der Waals surface area contributed by atoms with E-state index in [0.29, 0.717) is 23.8 Å². The lowest BCUT2D eigenvalue weighted by atomic mass is 9.84. The van der Waals surface area contributed by atoms with E-state index in [-0.39, 0.29) is 27.6 Å². The van der Waals surface area contributed by atoms with E-state index in [4.69, 9.17) is 22.2 Å². The molecule has 11 nitrogen and oxygen atoms in total. The Morgan fingerprint density at radius 1 is 1.43 bits per heavy atom. The number of carbonyl (C=O) groups is 3. The highest BCUT2D eigenvalue weighted by Gasteiger charge is 2.54. The summed E-state index contributed by atoms with van der Waals surface area (Å²) >= 11 is 9.13. The first-order valence-electron chi connectivity index (χ1n) is 11.2. The van der Waals surface area contributed by atoms with Gasteiger partial charge in [0.25, 0.3) is 11.8 Å². The number of nitrogens with one attached hydrogen (secondary N) is 1. The van der Waals surface area contributed by atoms with Gasteiger partial charge in [-0.1, -0.05) is 5.16 Å². The number of halogens is 1. The van der Waals surface area contributed by atoms with Crippen LogP contribution >= 0.6 is 34.7 Å². The molecule has 0 saturated carbocycles. The predicted octanol–water partition coefficient (Wildman–Crippen LogP) is -0.672. The number of aromatic nitrogens is 1. The van der Waals surface area contributed by atoms with Crippen molar-refractivity contribution in [1.82, 2.24) is 15.2 Å². The minimum Gasteiger partial charge on any atom is -0.543 e. The van der Waals surface area contributed by atoms with Gasteiger partial charge in [-0.05, 0) is 5.92 Å². The molecule has 3 N–H and O–H groups in total. The molecule has 2 bridgehead atoms. The number of carboxylic acids is 1. The normalized spacial score (nSPS) is 32.2. The number of oxime groups is 1. The van der Waals surface area contributed by atoms with Crippen molar-refractivity contribution in [3.8, 4) is 0 Å². The third-order valence-corrected chi connectivity index (χ3v) is 9.75. The number of β-lactam (4-membered cyclic amide) rings is 1. The van der Waals surface area contributed by atoms with Gasteiger partial charge >= 0.3 is 0 Å². The highest BCUT2D eigenvalue weighted by molar-refractivity contribution is 8.00. The molecule has 5 aliphatic heterocycles. The Bertz CT molecular complexity index is 1130. The standard InChI is InChI=1S/C21H25ClN6O5S2/c1-33-26-14(13-9-35-21(23)24-13)17(29)25-15-18(30)27-16(20(31)32)11(8-34-19(15)27)6-28-4-2-10(3-5-28)12(22)7-28/h9-10,12,15,19H,2-8H2,1H3,(H3-,23,24,25,29,31,32)/b26-14-/t10?,12?,15-,19-,28?/m1/s1. The van der Waals surface area contributed by atoms with Crippen LogP contribution in [0.5, 0.6) is 0 Å². The summed E-state index contributed by atoms with van der Waals surface area (Å²) in [5.41, 5.74) is 6.37. The SMILES string of the molecule is CO/N=C(\C(=O)N[C@@H]1C(=O)N2C(C(=O)[O-])=C(C[N+]34CCC(CC3)C(Cl)C4)CS[C@H]12)c1csc(N)n1. The van der Waals surface area contributed by atoms with Crippen molar-refractivity contribution >= 4 is 63.3 Å². The zero-order valence-electron chi connectivity index (χ0n) is 18.9. The molecule has 0 aliphatic carbocycles. The van der Waals surface area contributed by atoms with E-state index < -0.39 is 29.2 Å². The number of carboxylic acid groups (broad SMARTS) is 1. The van der Waals surface area contributed by atoms with Crippen molar-refractivity contribution in [1.29, 1.82) is 0 Å². The zero-order valence-corrected chi connectivity index (χ0v) is 21.3. The molecule has 4 fully saturated rings. The lowest BCUT2D eigenvalue weighted by Gasteiger charge is -2.54. The number of anilines is 1. The molecule has 6 rings (SSSR count). The maximum Gasteiger partial charge on any atom is 0.276 e. The van der Waals surface area contributed by atoms with Crippen molar-refractivity contribution in [2.45, 2.75) is 29.6 Å². The number of thioether (sulfide) groups is 1. The molecule has 35 heavy (non-hydrogen) atoms. The van der Waals surface area contributed by atoms with Gasteiger partial charge in [0.2, 0.25) is 0 Å². The summed E-state index contributed by atoms with van der Waals surface area (Å²) in [4.78, 5) is 48.2. The number of thiazole rings is 1. The fourth-order valence-corrected chi connectivity index (χ4v) is 7.95. The van der Waals surface area contributed by atoms with E-state index in [2.05, 4.69) is 15.5 Å². The van der Waals surface area contributed by atoms with Crippen LogP contribution in [-0.4, -0.2) is 93.7 Å². The second kappa shape index (κ2) is 9.26. The number of fused-ring (bicyclic) bond motifs is 4. The molecule has 188 valence electrons. The van der Waals surface area contributed by atoms with Gasteiger partial charge < -0.3 is 30.3 Å². The fourth-order valence-electron chi connectivity index (χ4n) is 5.52. The number of amides is 2. The fraction of sp³-hybridized carbons (Fsp3) is 0.571. The van der Waals surface area contributed by atoms with Crippen molar-refractivity contribution in [3.05, 3.63) is 22.3 Å². The van der Waals surface area contributed by atoms with Crippen LogP contribution in [0, 0.1) is 5.92 Å². The third-order valence-electron chi connectivity index (χ3n) is 7.24. The first-order chi connectivity index (χ1) is 16.7. The predicted molar refractivity (Wildman–Crippen MR) is 129 cm³/mol. The Hall–Kier alpha value is -2.35. The average Bonchev–Trinajstić information content (AvgIpc) is 3.26. The summed E-state index contributed by atoms with van der Waals surface area (Å²) in [5.74, 6) is -1.58. The van der Waals surface area contributed by atoms with Crippen LogP contribution in [0.2, 0.25) is 0 Å². The number of hydrogen-bond acceptors (Lipinski definition) is 10. The number of rotatable bonds is 7. The first kappa shape index (κ1) is 24.3. The number of nitrogen functional groups attached to an aromatic ring is 1. The number of nitrogens with two attached hydrogens (primary N) is 1. The van der Waals surface area contributed by atoms with Crippen LogP contribution in [-0.2, 0) is 19.2 Å². The molecular weight excluding hydrogens is 516 g/mol. The van der Waals surface area contributed by atoms with Crippen LogP contribution in [0.15, 0.2) is 21.8 Å². The van der Waals surface area contributed by atoms with Gasteiger partial charge in [-0.15, -0.1) is 34.7 Å². The summed E-state index contributed by atoms with van der Waals surface area (Å²) in [5, 5.41) is 19.9. The Morgan fingerprint density at radius 2 is 2.17 bits per heavy atom. The molecule has 0 radical (unpaired) electrons. The summed E-state index contributed by atoms with van der Waals surface area (Å²) in [6, 6.07) is -0.911. The Labute approximate surface area is 214 Å². The topological polar surface area (TPSA) is 150 Å². The second-order valence-electron chi connectivity index (χ2n) is 9.28. The monoisotopic (exact) mass is 540 g/mol. The van der Waals surface area contributed by atoms with Gasteiger partial charge in [0.05, 0.1) is 36.7 Å². The van der Waals surface area contributed by atoms with E-state index >= 15 is 0 Å². The van der Waals surface area contributed by atoms with Gasteiger partial charge in [-0.3, -0.25) is 14.5 Å². The van der Waals surface area contributed by atoms with Crippen molar-refractivity contribution in [3.63, 3.8) is 0 Å². The molecule has 3 atom stereocenters. The average molecular weight is 541 g/mol. The highest BCUT2D eigenvalue weighted by Crippen LogP contribution is 2.43. The minimum atomic E-state index is -1.38. The quantitative estimate of drug-likeness (QED) is 0.152. The van der Waals surface area contributed by atoms with E-state index in [1.54, 1.807) is 5.38 Å². The van der Waals surface area contributed by atoms with Crippen LogP contribution < -0.4 is 16.2 Å². The van der Waals surface area contributed by atoms with Crippen LogP contribution in [0.1, 0.15) is 18.5 Å². The number of quaternary nitrogens is 1. The summed E-state index contributed by atoms with van der Waals surface area (Å²) in [7, 11) is 1.29. The lowest BCUT2D eigenvalue weighted by Crippen LogP contribution is -2.72. The summed E-state index contributed by atoms with van der Waals surface area (Å²) in [6.07, 6.45) is 2.06. The first-order valence-corrected chi connectivity index (χ1v) is 13.6. The number of alkyl halides is 1. The van der Waals surface area contributed by atoms with Gasteiger partial charge in [0.15, 0.2) is 10.8 Å². The summed E-state index contributed by atoms with van der Waals surface area (Å²) in [6.45, 7) is 3.26. The third kappa shape index (κ3) is 4.28. The molecule has 5 aliphatic rings. The van der Waals surface area contributed by atoms with Crippen LogP contribution in [0.4, 0.5) is 5.13 Å². The van der Waals surface area contributed by atoms with E-state index in [0.717, 1.165) is 48.3 Å². The molecule has 2 amide bonds. The highest BCUT2D eigenvalue weighted by atomic mass is 35.5. The zero-order chi connectivity index (χ0) is 24.9. The van der Waals surface area contributed by atoms with Gasteiger partial charge in [-0.2, -0.15) is 0 Å². The second-order valence-corrected chi connectivity index (χ2v) is 11.8. The number of nitrogens with zero attached hydrogens (tertiary/aromatic N) is 4. The number of carbonyl (C=O) groups excluding carboxylic acids is 3. The molecule has 1 aromatic rings. The van der Waals surface area contributed by atoms with Crippen molar-refractivity contribution in [2.75, 3.05) is 44.8 Å². The van der Waals surface area contributed by atoms with Crippen LogP contribution in [0.25, 0.3) is 0 Å². The Morgan fingerprint density at radius 3 is 2.77 bits per heavy atom. The van der Waals surface area contributed by atoms with Crippen molar-refractivity contribution in [2.24, 2.45) is 11.1 Å². The molecule has 4 saturated heterocycles. The van der Waals surface area contributed by atoms with Gasteiger partial charge in [0.1, 0.15) is 30.8 Å². The number of aliphatic carboxylic acids is 1. The molecular formula is C21H25ClN6O5S2. The maximum atomic E-state index is 13.1. The Kier molecular flexibility index (Phi) is 6.45. The molecule has 1 aromatic heterocycles. The smallest absolute Gasteiger partial charge is 0.276 e. The Balaban J connectivity index is 1.34. The largest absolute Gasteiger partial charge is 0.543 e. The van der Waals surface area contributed by atoms with Crippen molar-refractivity contribution < 1.29 is 28.8 Å². The lowest BCUT2D eigenvalue weighted by molar-refractivity contribution is -0.937. The molecule has 0 spiro atoms. The van der Waals surface area contributed by atoms with E-state index in [9.17, 15) is 19.5 Å². The molecule has 0 aromatic carbocycles. The van der Waals surface area contributed by atoms with Gasteiger partial charge in [0, 0.05) is 29.5 Å². The van der Waals surface area contributed by atoms with Crippen LogP contribution in [0.3, 0.4) is 0 Å². The van der Waals surface area contributed by atoms with Gasteiger partial charge in [-0.25, -0.2) is 4.98 Å². The summed E-state index contributed by atoms with van der Waals surface area (Å²) < 4.78 is 0.748. The minimum absolute atomic E-state index is 0.0753. The molecule has 1 unspecified atom stereocenters. The molecule has 6 heterocycles.